The third-order valence-electron chi connectivity index (χ3n) is 2.27. The van der Waals surface area contributed by atoms with Gasteiger partial charge in [0, 0.05) is 8.95 Å². The minimum atomic E-state index is -1.19. The number of nitrogens with zero attached hydrogens (tertiary/aromatic N) is 3. The van der Waals surface area contributed by atoms with Crippen molar-refractivity contribution in [2.24, 2.45) is 0 Å². The number of rotatable bonds is 4. The van der Waals surface area contributed by atoms with E-state index in [1.807, 2.05) is 6.07 Å². The quantitative estimate of drug-likeness (QED) is 0.814. The second-order valence-electron chi connectivity index (χ2n) is 3.78. The average molecular weight is 404 g/mol. The zero-order valence-electron chi connectivity index (χ0n) is 9.88. The van der Waals surface area contributed by atoms with Crippen LogP contribution in [0.5, 0.6) is 0 Å². The number of amides is 1. The fraction of sp³-hybridized carbons (Fsp3) is 0.0909. The van der Waals surface area contributed by atoms with Gasteiger partial charge in [-0.25, -0.2) is 9.48 Å². The van der Waals surface area contributed by atoms with Gasteiger partial charge in [0.1, 0.15) is 6.54 Å². The van der Waals surface area contributed by atoms with E-state index in [1.54, 1.807) is 12.1 Å². The number of halogens is 2. The maximum atomic E-state index is 11.8. The summed E-state index contributed by atoms with van der Waals surface area (Å²) in [5, 5.41) is 18.4. The van der Waals surface area contributed by atoms with Crippen LogP contribution >= 0.6 is 31.9 Å². The van der Waals surface area contributed by atoms with E-state index in [4.69, 9.17) is 5.11 Å². The summed E-state index contributed by atoms with van der Waals surface area (Å²) in [4.78, 5) is 22.5. The predicted molar refractivity (Wildman–Crippen MR) is 77.5 cm³/mol. The summed E-state index contributed by atoms with van der Waals surface area (Å²) in [6.45, 7) is -0.126. The molecule has 2 rings (SSSR count). The second-order valence-corrected chi connectivity index (χ2v) is 5.55. The molecule has 1 amide bonds. The van der Waals surface area contributed by atoms with Crippen molar-refractivity contribution >= 4 is 49.4 Å². The Bertz CT molecular complexity index is 671. The summed E-state index contributed by atoms with van der Waals surface area (Å²) in [6, 6.07) is 5.36. The summed E-state index contributed by atoms with van der Waals surface area (Å²) < 4.78 is 2.72. The summed E-state index contributed by atoms with van der Waals surface area (Å²) in [5.41, 5.74) is 0.393. The van der Waals surface area contributed by atoms with Crippen LogP contribution in [0.3, 0.4) is 0 Å². The topological polar surface area (TPSA) is 97.1 Å². The predicted octanol–water partition coefficient (Wildman–Crippen LogP) is 2.14. The van der Waals surface area contributed by atoms with Gasteiger partial charge in [-0.2, -0.15) is 0 Å². The maximum Gasteiger partial charge on any atom is 0.358 e. The van der Waals surface area contributed by atoms with Crippen LogP contribution < -0.4 is 5.32 Å². The van der Waals surface area contributed by atoms with Crippen molar-refractivity contribution < 1.29 is 14.7 Å². The van der Waals surface area contributed by atoms with Crippen molar-refractivity contribution in [1.29, 1.82) is 0 Å². The van der Waals surface area contributed by atoms with Gasteiger partial charge in [-0.1, -0.05) is 21.1 Å². The van der Waals surface area contributed by atoms with Crippen LogP contribution in [0.15, 0.2) is 33.3 Å². The lowest BCUT2D eigenvalue weighted by atomic mass is 10.3. The number of carbonyl (C=O) groups is 2. The molecule has 1 aromatic carbocycles. The molecule has 2 aromatic rings. The molecule has 0 spiro atoms. The van der Waals surface area contributed by atoms with Gasteiger partial charge in [0.05, 0.1) is 11.9 Å². The number of hydrogen-bond donors (Lipinski definition) is 2. The Labute approximate surface area is 130 Å². The molecule has 0 atom stereocenters. The van der Waals surface area contributed by atoms with E-state index in [1.165, 1.54) is 6.20 Å². The Hall–Kier alpha value is -1.74. The van der Waals surface area contributed by atoms with Crippen molar-refractivity contribution in [3.63, 3.8) is 0 Å². The summed E-state index contributed by atoms with van der Waals surface area (Å²) >= 11 is 6.63. The Morgan fingerprint density at radius 1 is 1.35 bits per heavy atom. The largest absolute Gasteiger partial charge is 0.476 e. The maximum absolute atomic E-state index is 11.8. The molecule has 1 aromatic heterocycles. The van der Waals surface area contributed by atoms with Crippen LogP contribution in [-0.4, -0.2) is 32.0 Å². The highest BCUT2D eigenvalue weighted by atomic mass is 79.9. The van der Waals surface area contributed by atoms with Crippen LogP contribution in [0.1, 0.15) is 10.5 Å². The first kappa shape index (κ1) is 14.7. The third-order valence-corrected chi connectivity index (χ3v) is 3.45. The standard InChI is InChI=1S/C11H8Br2N4O3/c12-6-1-2-7(13)8(3-6)14-10(18)5-17-4-9(11(19)20)15-16-17/h1-4H,5H2,(H,14,18)(H,19,20). The molecule has 0 aliphatic carbocycles. The Morgan fingerprint density at radius 3 is 2.75 bits per heavy atom. The summed E-state index contributed by atoms with van der Waals surface area (Å²) in [7, 11) is 0. The van der Waals surface area contributed by atoms with Gasteiger partial charge < -0.3 is 10.4 Å². The van der Waals surface area contributed by atoms with Gasteiger partial charge in [0.2, 0.25) is 5.91 Å². The van der Waals surface area contributed by atoms with Crippen LogP contribution in [0.25, 0.3) is 0 Å². The Kier molecular flexibility index (Phi) is 4.50. The van der Waals surface area contributed by atoms with Crippen LogP contribution in [-0.2, 0) is 11.3 Å². The first-order valence-electron chi connectivity index (χ1n) is 5.34. The number of hydrogen-bond acceptors (Lipinski definition) is 4. The zero-order valence-corrected chi connectivity index (χ0v) is 13.0. The normalized spacial score (nSPS) is 10.3. The number of benzene rings is 1. The molecule has 0 unspecified atom stereocenters. The van der Waals surface area contributed by atoms with Gasteiger partial charge in [-0.15, -0.1) is 5.10 Å². The fourth-order valence-corrected chi connectivity index (χ4v) is 2.11. The lowest BCUT2D eigenvalue weighted by Gasteiger charge is -2.07. The lowest BCUT2D eigenvalue weighted by Crippen LogP contribution is -2.19. The van der Waals surface area contributed by atoms with Crippen molar-refractivity contribution in [2.75, 3.05) is 5.32 Å². The number of aromatic nitrogens is 3. The molecule has 0 saturated heterocycles. The first-order valence-corrected chi connectivity index (χ1v) is 6.92. The van der Waals surface area contributed by atoms with Crippen LogP contribution in [0.4, 0.5) is 5.69 Å². The molecule has 2 N–H and O–H groups in total. The highest BCUT2D eigenvalue weighted by Gasteiger charge is 2.11. The van der Waals surface area contributed by atoms with Crippen molar-refractivity contribution in [3.05, 3.63) is 39.0 Å². The van der Waals surface area contributed by atoms with E-state index in [0.29, 0.717) is 5.69 Å². The minimum absolute atomic E-state index is 0.126. The molecule has 20 heavy (non-hydrogen) atoms. The van der Waals surface area contributed by atoms with Gasteiger partial charge >= 0.3 is 5.97 Å². The molecule has 0 saturated carbocycles. The number of carboxylic acid groups (broad SMARTS) is 1. The SMILES string of the molecule is O=C(Cn1cc(C(=O)O)nn1)Nc1cc(Br)ccc1Br. The third kappa shape index (κ3) is 3.64. The van der Waals surface area contributed by atoms with Crippen molar-refractivity contribution in [2.45, 2.75) is 6.54 Å². The van der Waals surface area contributed by atoms with E-state index < -0.39 is 5.97 Å². The molecule has 0 fully saturated rings. The zero-order chi connectivity index (χ0) is 14.7. The second kappa shape index (κ2) is 6.14. The van der Waals surface area contributed by atoms with E-state index in [0.717, 1.165) is 13.6 Å². The highest BCUT2D eigenvalue weighted by Crippen LogP contribution is 2.26. The molecule has 0 bridgehead atoms. The number of carbonyl (C=O) groups excluding carboxylic acids is 1. The summed E-state index contributed by atoms with van der Waals surface area (Å²) in [6.07, 6.45) is 1.19. The minimum Gasteiger partial charge on any atom is -0.476 e. The van der Waals surface area contributed by atoms with Gasteiger partial charge in [0.25, 0.3) is 0 Å². The molecular weight excluding hydrogens is 396 g/mol. The molecule has 104 valence electrons. The number of carboxylic acids is 1. The Balaban J connectivity index is 2.05. The van der Waals surface area contributed by atoms with Gasteiger partial charge in [-0.3, -0.25) is 4.79 Å². The highest BCUT2D eigenvalue weighted by molar-refractivity contribution is 9.11. The molecule has 7 nitrogen and oxygen atoms in total. The van der Waals surface area contributed by atoms with Crippen molar-refractivity contribution in [1.82, 2.24) is 15.0 Å². The first-order chi connectivity index (χ1) is 9.45. The van der Waals surface area contributed by atoms with E-state index >= 15 is 0 Å². The molecule has 9 heteroatoms. The fourth-order valence-electron chi connectivity index (χ4n) is 1.40. The van der Waals surface area contributed by atoms with E-state index in [-0.39, 0.29) is 18.1 Å². The smallest absolute Gasteiger partial charge is 0.358 e. The van der Waals surface area contributed by atoms with Gasteiger partial charge in [-0.05, 0) is 34.1 Å². The Morgan fingerprint density at radius 2 is 2.10 bits per heavy atom. The molecule has 1 heterocycles. The molecule has 0 aliphatic heterocycles. The summed E-state index contributed by atoms with van der Waals surface area (Å²) in [5.74, 6) is -1.53. The van der Waals surface area contributed by atoms with Crippen LogP contribution in [0, 0.1) is 0 Å². The number of aromatic carboxylic acids is 1. The average Bonchev–Trinajstić information content (AvgIpc) is 2.82. The molecular formula is C11H8Br2N4O3. The monoisotopic (exact) mass is 402 g/mol. The van der Waals surface area contributed by atoms with E-state index in [2.05, 4.69) is 47.5 Å². The molecule has 0 aliphatic rings. The lowest BCUT2D eigenvalue weighted by molar-refractivity contribution is -0.116. The van der Waals surface area contributed by atoms with E-state index in [9.17, 15) is 9.59 Å². The van der Waals surface area contributed by atoms with Crippen LogP contribution in [0.2, 0.25) is 0 Å². The van der Waals surface area contributed by atoms with Crippen molar-refractivity contribution in [3.8, 4) is 0 Å². The van der Waals surface area contributed by atoms with Gasteiger partial charge in [0.15, 0.2) is 5.69 Å². The number of anilines is 1. The molecule has 0 radical (unpaired) electrons. The number of nitrogens with one attached hydrogen (secondary N) is 1.